The molecule has 6 nitrogen and oxygen atoms in total. The molecule has 9 aromatic rings. The maximum absolute atomic E-state index is 13.5. The summed E-state index contributed by atoms with van der Waals surface area (Å²) in [5, 5.41) is 0. The summed E-state index contributed by atoms with van der Waals surface area (Å²) in [7, 11) is 5.00. The number of sulfonamides is 1. The molecule has 652 valence electrons. The smallest absolute Gasteiger partial charge is 0.209 e. The molecule has 1 fully saturated rings. The second kappa shape index (κ2) is 55.9. The largest absolute Gasteiger partial charge is 0.309 e. The molecule has 9 aromatic carbocycles. The number of hydrogen-bond acceptors (Lipinski definition) is 5. The number of nitrogens with zero attached hydrogens (tertiary/aromatic N) is 3. The van der Waals surface area contributed by atoms with Crippen LogP contribution in [0, 0.1) is 66.2 Å². The van der Waals surface area contributed by atoms with Gasteiger partial charge in [0.1, 0.15) is 52.4 Å². The average molecular weight is 1660 g/mol. The van der Waals surface area contributed by atoms with Gasteiger partial charge in [-0.15, -0.1) is 0 Å². The summed E-state index contributed by atoms with van der Waals surface area (Å²) in [4.78, 5) is 6.83. The highest BCUT2D eigenvalue weighted by Crippen LogP contribution is 2.26. The molecule has 0 spiro atoms. The zero-order chi connectivity index (χ0) is 89.1. The Morgan fingerprint density at radius 2 is 0.653 bits per heavy atom. The third-order valence-corrected chi connectivity index (χ3v) is 20.1. The monoisotopic (exact) mass is 1660 g/mol. The molecule has 1 aliphatic heterocycles. The highest BCUT2D eigenvalue weighted by atomic mass is 32.2. The summed E-state index contributed by atoms with van der Waals surface area (Å²) in [5.74, 6) is 2.09. The van der Waals surface area contributed by atoms with E-state index in [1.165, 1.54) is 67.9 Å². The SMILES string of the molecule is CC(C)c1cc(F)cc(CCCN(C)C)c1.CC(C)c1cc(F)cc(CCCN(C)C)c1.CC(C)c1cc(F)cc(CCCN2CCCC2)c1.CC(C)c1cc(F)cc(CNS(C)(=O)=O)c1.CC(C)c1ccc(F)cc1.CC(C)c1cccc(F)c1.CC(C)c1ccccc1F.Cc1cc(F)cc(C(C)C)c1.Cc1cc(F)cc(C(C)C)c1. The van der Waals surface area contributed by atoms with E-state index in [1.807, 2.05) is 90.1 Å². The van der Waals surface area contributed by atoms with Crippen molar-refractivity contribution in [2.24, 2.45) is 0 Å². The maximum Gasteiger partial charge on any atom is 0.209 e. The highest BCUT2D eigenvalue weighted by Gasteiger charge is 2.14. The Morgan fingerprint density at radius 3 is 0.958 bits per heavy atom. The molecular formula is C102H143F9N4O2S. The molecule has 10 rings (SSSR count). The van der Waals surface area contributed by atoms with E-state index in [9.17, 15) is 47.9 Å². The second-order valence-electron chi connectivity index (χ2n) is 34.3. The number of rotatable bonds is 24. The van der Waals surface area contributed by atoms with Gasteiger partial charge in [0.25, 0.3) is 0 Å². The lowest BCUT2D eigenvalue weighted by atomic mass is 9.98. The first kappa shape index (κ1) is 106. The molecule has 1 saturated heterocycles. The van der Waals surface area contributed by atoms with E-state index in [1.54, 1.807) is 78.9 Å². The molecule has 118 heavy (non-hydrogen) atoms. The molecule has 0 bridgehead atoms. The summed E-state index contributed by atoms with van der Waals surface area (Å²) >= 11 is 0. The fraction of sp³-hybridized carbons (Fsp3) is 0.471. The van der Waals surface area contributed by atoms with E-state index < -0.39 is 10.0 Å². The lowest BCUT2D eigenvalue weighted by molar-refractivity contribution is 0.334. The molecule has 0 saturated carbocycles. The average Bonchev–Trinajstić information content (AvgIpc) is 1.07. The normalized spacial score (nSPS) is 11.9. The molecule has 0 unspecified atom stereocenters. The highest BCUT2D eigenvalue weighted by molar-refractivity contribution is 7.88. The van der Waals surface area contributed by atoms with Crippen LogP contribution in [0.2, 0.25) is 0 Å². The molecule has 0 radical (unpaired) electrons. The van der Waals surface area contributed by atoms with Gasteiger partial charge in [-0.2, -0.15) is 0 Å². The van der Waals surface area contributed by atoms with Gasteiger partial charge in [-0.3, -0.25) is 0 Å². The first-order chi connectivity index (χ1) is 55.2. The Bertz CT molecular complexity index is 4250. The number of benzene rings is 9. The van der Waals surface area contributed by atoms with Crippen LogP contribution in [0.5, 0.6) is 0 Å². The summed E-state index contributed by atoms with van der Waals surface area (Å²) in [6.07, 6.45) is 9.97. The minimum atomic E-state index is -3.24. The Hall–Kier alpha value is -7.86. The van der Waals surface area contributed by atoms with Crippen molar-refractivity contribution in [3.8, 4) is 0 Å². The maximum atomic E-state index is 13.5. The Labute approximate surface area is 708 Å². The van der Waals surface area contributed by atoms with Crippen molar-refractivity contribution in [3.05, 3.63) is 318 Å². The van der Waals surface area contributed by atoms with Crippen LogP contribution < -0.4 is 4.72 Å². The quantitative estimate of drug-likeness (QED) is 0.0611. The van der Waals surface area contributed by atoms with Gasteiger partial charge in [0.05, 0.1) is 6.26 Å². The van der Waals surface area contributed by atoms with Crippen LogP contribution >= 0.6 is 0 Å². The zero-order valence-electron chi connectivity index (χ0n) is 75.9. The first-order valence-corrected chi connectivity index (χ1v) is 44.0. The van der Waals surface area contributed by atoms with Gasteiger partial charge in [-0.05, 0) is 366 Å². The van der Waals surface area contributed by atoms with Crippen molar-refractivity contribution in [1.82, 2.24) is 19.4 Å². The van der Waals surface area contributed by atoms with Gasteiger partial charge < -0.3 is 14.7 Å². The van der Waals surface area contributed by atoms with E-state index in [-0.39, 0.29) is 70.7 Å². The topological polar surface area (TPSA) is 55.9 Å². The van der Waals surface area contributed by atoms with Crippen LogP contribution in [-0.2, 0) is 35.8 Å². The predicted octanol–water partition coefficient (Wildman–Crippen LogP) is 28.2. The van der Waals surface area contributed by atoms with Gasteiger partial charge in [0.15, 0.2) is 0 Å². The standard InChI is InChI=1S/C16H24FN.2C14H22FN.C11H16FNO2S.2C10H13F.3C9H11F/c1-13(2)15-10-14(11-16(17)12-15)6-5-9-18-7-3-4-8-18;2*1-11(2)13-8-12(9-14(15)10-13)6-5-7-16(3)4;1-8(2)10-4-9(5-11(12)6-10)7-13-16(3,14)15;2*1-7(2)9-4-8(3)5-10(11)6-9;1-7(2)8-3-5-9(10)6-4-8;1-7(2)8-4-3-5-9(10)6-8;1-7(2)8-5-3-4-6-9(8)10/h10-13H,3-9H2,1-2H3;2*8-11H,5-7H2,1-4H3;4-6,8,13H,7H2,1-3H3;2*4-7H,1-3H3;3*3-7H,1-2H3. The number of halogens is 9. The molecule has 0 amide bonds. The molecule has 1 N–H and O–H groups in total. The van der Waals surface area contributed by atoms with Crippen molar-refractivity contribution in [2.45, 2.75) is 250 Å². The zero-order valence-corrected chi connectivity index (χ0v) is 76.7. The van der Waals surface area contributed by atoms with Gasteiger partial charge in [0, 0.05) is 6.54 Å². The summed E-state index contributed by atoms with van der Waals surface area (Å²) in [6.45, 7) is 46.7. The minimum Gasteiger partial charge on any atom is -0.309 e. The summed E-state index contributed by atoms with van der Waals surface area (Å²) < 4.78 is 141. The summed E-state index contributed by atoms with van der Waals surface area (Å²) in [6, 6.07) is 51.5. The van der Waals surface area contributed by atoms with Crippen molar-refractivity contribution in [1.29, 1.82) is 0 Å². The Balaban J connectivity index is 0.000000454. The minimum absolute atomic E-state index is 0.0858. The number of nitrogens with one attached hydrogen (secondary N) is 1. The van der Waals surface area contributed by atoms with E-state index in [4.69, 9.17) is 0 Å². The van der Waals surface area contributed by atoms with Crippen LogP contribution in [0.1, 0.15) is 293 Å². The molecule has 0 aliphatic carbocycles. The van der Waals surface area contributed by atoms with Crippen LogP contribution in [0.25, 0.3) is 0 Å². The van der Waals surface area contributed by atoms with E-state index >= 15 is 0 Å². The molecule has 0 atom stereocenters. The predicted molar refractivity (Wildman–Crippen MR) is 483 cm³/mol. The first-order valence-electron chi connectivity index (χ1n) is 42.1. The lowest BCUT2D eigenvalue weighted by Gasteiger charge is -2.14. The van der Waals surface area contributed by atoms with Crippen molar-refractivity contribution in [3.63, 3.8) is 0 Å². The van der Waals surface area contributed by atoms with E-state index in [0.717, 1.165) is 137 Å². The molecule has 0 aromatic heterocycles. The van der Waals surface area contributed by atoms with Crippen molar-refractivity contribution >= 4 is 10.0 Å². The number of likely N-dealkylation sites (tertiary alicyclic amines) is 1. The number of hydrogen-bond donors (Lipinski definition) is 1. The Morgan fingerprint density at radius 1 is 0.331 bits per heavy atom. The molecule has 16 heteroatoms. The fourth-order valence-electron chi connectivity index (χ4n) is 12.3. The van der Waals surface area contributed by atoms with Crippen molar-refractivity contribution < 1.29 is 47.9 Å². The molecule has 1 heterocycles. The van der Waals surface area contributed by atoms with Crippen LogP contribution in [-0.4, -0.2) is 90.3 Å². The van der Waals surface area contributed by atoms with Crippen molar-refractivity contribution in [2.75, 3.05) is 67.2 Å². The third kappa shape index (κ3) is 47.2. The molecule has 1 aliphatic rings. The Kier molecular flexibility index (Phi) is 50.3. The van der Waals surface area contributed by atoms with Crippen LogP contribution in [0.4, 0.5) is 39.5 Å². The fourth-order valence-corrected chi connectivity index (χ4v) is 12.8. The molecular weight excluding hydrogens is 1520 g/mol. The number of aryl methyl sites for hydroxylation is 5. The van der Waals surface area contributed by atoms with Crippen LogP contribution in [0.15, 0.2) is 182 Å². The van der Waals surface area contributed by atoms with Gasteiger partial charge >= 0.3 is 0 Å². The third-order valence-electron chi connectivity index (χ3n) is 19.4. The van der Waals surface area contributed by atoms with Gasteiger partial charge in [-0.25, -0.2) is 52.7 Å². The summed E-state index contributed by atoms with van der Waals surface area (Å²) in [5.41, 5.74) is 15.4. The van der Waals surface area contributed by atoms with E-state index in [2.05, 4.69) is 163 Å². The second-order valence-corrected chi connectivity index (χ2v) is 36.1. The van der Waals surface area contributed by atoms with E-state index in [0.29, 0.717) is 47.0 Å². The van der Waals surface area contributed by atoms with Gasteiger partial charge in [0.2, 0.25) is 10.0 Å². The van der Waals surface area contributed by atoms with Crippen LogP contribution in [0.3, 0.4) is 0 Å². The lowest BCUT2D eigenvalue weighted by Crippen LogP contribution is -2.21. The van der Waals surface area contributed by atoms with Gasteiger partial charge in [-0.1, -0.05) is 203 Å².